The topological polar surface area (TPSA) is 88.6 Å². The molecule has 0 radical (unpaired) electrons. The number of carbonyl (C=O) groups is 3. The second-order valence-electron chi connectivity index (χ2n) is 8.44. The number of anilines is 1. The van der Waals surface area contributed by atoms with Crippen molar-refractivity contribution in [2.24, 2.45) is 0 Å². The lowest BCUT2D eigenvalue weighted by molar-refractivity contribution is -0.181. The summed E-state index contributed by atoms with van der Waals surface area (Å²) in [6, 6.07) is 5.08. The van der Waals surface area contributed by atoms with E-state index < -0.39 is 5.79 Å². The molecule has 0 bridgehead atoms. The predicted octanol–water partition coefficient (Wildman–Crippen LogP) is 1.01. The molecule has 9 heteroatoms. The minimum absolute atomic E-state index is 0.0340. The van der Waals surface area contributed by atoms with Crippen LogP contribution in [0.2, 0.25) is 0 Å². The van der Waals surface area contributed by atoms with E-state index in [0.717, 1.165) is 25.9 Å². The van der Waals surface area contributed by atoms with Gasteiger partial charge in [0.05, 0.1) is 18.9 Å². The molecule has 166 valence electrons. The van der Waals surface area contributed by atoms with Crippen LogP contribution in [0.4, 0.5) is 5.69 Å². The van der Waals surface area contributed by atoms with E-state index in [2.05, 4.69) is 0 Å². The summed E-state index contributed by atoms with van der Waals surface area (Å²) in [7, 11) is 0. The fraction of sp³-hybridized carbons (Fsp3) is 0.591. The van der Waals surface area contributed by atoms with Crippen molar-refractivity contribution in [3.63, 3.8) is 0 Å². The second kappa shape index (κ2) is 8.12. The Bertz CT molecular complexity index is 881. The van der Waals surface area contributed by atoms with Crippen LogP contribution in [0, 0.1) is 0 Å². The maximum absolute atomic E-state index is 13.1. The van der Waals surface area contributed by atoms with Crippen LogP contribution in [-0.4, -0.2) is 85.9 Å². The first kappa shape index (κ1) is 20.3. The highest BCUT2D eigenvalue weighted by molar-refractivity contribution is 6.04. The van der Waals surface area contributed by atoms with Gasteiger partial charge in [-0.05, 0) is 31.0 Å². The van der Waals surface area contributed by atoms with Crippen molar-refractivity contribution >= 4 is 23.4 Å². The SMILES string of the molecule is O=C(CN1C(=O)COc2ccc(C(=O)N3CCC4(CC3)OCCO4)cc21)N1CCCC1. The third-order valence-corrected chi connectivity index (χ3v) is 6.53. The van der Waals surface area contributed by atoms with Gasteiger partial charge in [-0.3, -0.25) is 19.3 Å². The van der Waals surface area contributed by atoms with Crippen LogP contribution in [-0.2, 0) is 19.1 Å². The molecule has 4 heterocycles. The summed E-state index contributed by atoms with van der Waals surface area (Å²) < 4.78 is 17.0. The quantitative estimate of drug-likeness (QED) is 0.713. The molecule has 4 aliphatic rings. The first-order valence-corrected chi connectivity index (χ1v) is 11.0. The molecule has 0 unspecified atom stereocenters. The Kier molecular flexibility index (Phi) is 5.31. The molecule has 0 N–H and O–H groups in total. The van der Waals surface area contributed by atoms with Gasteiger partial charge < -0.3 is 24.0 Å². The Hall–Kier alpha value is -2.65. The molecule has 31 heavy (non-hydrogen) atoms. The molecule has 3 saturated heterocycles. The minimum Gasteiger partial charge on any atom is -0.482 e. The summed E-state index contributed by atoms with van der Waals surface area (Å²) >= 11 is 0. The van der Waals surface area contributed by atoms with Crippen LogP contribution in [0.15, 0.2) is 18.2 Å². The molecule has 4 aliphatic heterocycles. The van der Waals surface area contributed by atoms with Crippen LogP contribution < -0.4 is 9.64 Å². The average molecular weight is 429 g/mol. The zero-order chi connectivity index (χ0) is 21.4. The van der Waals surface area contributed by atoms with E-state index in [1.807, 2.05) is 0 Å². The Morgan fingerprint density at radius 1 is 0.968 bits per heavy atom. The van der Waals surface area contributed by atoms with E-state index in [4.69, 9.17) is 14.2 Å². The van der Waals surface area contributed by atoms with Gasteiger partial charge in [0.2, 0.25) is 5.91 Å². The van der Waals surface area contributed by atoms with E-state index in [9.17, 15) is 14.4 Å². The van der Waals surface area contributed by atoms with Crippen molar-refractivity contribution in [2.75, 3.05) is 57.4 Å². The zero-order valence-electron chi connectivity index (χ0n) is 17.5. The number of nitrogens with zero attached hydrogens (tertiary/aromatic N) is 3. The fourth-order valence-corrected chi connectivity index (χ4v) is 4.73. The van der Waals surface area contributed by atoms with Crippen molar-refractivity contribution in [3.05, 3.63) is 23.8 Å². The lowest BCUT2D eigenvalue weighted by Gasteiger charge is -2.37. The first-order valence-electron chi connectivity index (χ1n) is 11.0. The highest BCUT2D eigenvalue weighted by Crippen LogP contribution is 2.35. The number of benzene rings is 1. The van der Waals surface area contributed by atoms with Gasteiger partial charge in [-0.2, -0.15) is 0 Å². The summed E-state index contributed by atoms with van der Waals surface area (Å²) in [5.41, 5.74) is 0.950. The van der Waals surface area contributed by atoms with E-state index in [1.165, 1.54) is 4.90 Å². The fourth-order valence-electron chi connectivity index (χ4n) is 4.73. The molecule has 0 saturated carbocycles. The lowest BCUT2D eigenvalue weighted by Crippen LogP contribution is -2.47. The van der Waals surface area contributed by atoms with Gasteiger partial charge in [0.15, 0.2) is 12.4 Å². The van der Waals surface area contributed by atoms with E-state index in [0.29, 0.717) is 56.1 Å². The molecule has 9 nitrogen and oxygen atoms in total. The normalized spacial score (nSPS) is 22.6. The van der Waals surface area contributed by atoms with Crippen LogP contribution in [0.3, 0.4) is 0 Å². The number of likely N-dealkylation sites (tertiary alicyclic amines) is 2. The molecule has 1 aromatic carbocycles. The van der Waals surface area contributed by atoms with E-state index in [1.54, 1.807) is 28.0 Å². The summed E-state index contributed by atoms with van der Waals surface area (Å²) in [5, 5.41) is 0. The molecule has 1 spiro atoms. The molecule has 0 aliphatic carbocycles. The molecular formula is C22H27N3O6. The predicted molar refractivity (Wildman–Crippen MR) is 110 cm³/mol. The van der Waals surface area contributed by atoms with Gasteiger partial charge >= 0.3 is 0 Å². The monoisotopic (exact) mass is 429 g/mol. The van der Waals surface area contributed by atoms with E-state index >= 15 is 0 Å². The van der Waals surface area contributed by atoms with Gasteiger partial charge in [0.1, 0.15) is 12.3 Å². The Balaban J connectivity index is 1.32. The maximum atomic E-state index is 13.1. The summed E-state index contributed by atoms with van der Waals surface area (Å²) in [4.78, 5) is 43.3. The van der Waals surface area contributed by atoms with Crippen LogP contribution in [0.5, 0.6) is 5.75 Å². The van der Waals surface area contributed by atoms with Crippen molar-refractivity contribution in [2.45, 2.75) is 31.5 Å². The van der Waals surface area contributed by atoms with Crippen LogP contribution >= 0.6 is 0 Å². The number of rotatable bonds is 3. The standard InChI is InChI=1S/C22H27N3O6/c26-19(23-7-1-2-8-23)14-25-17-13-16(3-4-18(17)29-15-20(25)27)21(28)24-9-5-22(6-10-24)30-11-12-31-22/h3-4,13H,1-2,5-12,14-15H2. The van der Waals surface area contributed by atoms with Crippen LogP contribution in [0.1, 0.15) is 36.0 Å². The molecule has 0 aromatic heterocycles. The number of piperidine rings is 1. The van der Waals surface area contributed by atoms with Crippen molar-refractivity contribution in [3.8, 4) is 5.75 Å². The molecular weight excluding hydrogens is 402 g/mol. The first-order chi connectivity index (χ1) is 15.0. The second-order valence-corrected chi connectivity index (χ2v) is 8.44. The average Bonchev–Trinajstić information content (AvgIpc) is 3.48. The van der Waals surface area contributed by atoms with Crippen molar-refractivity contribution < 1.29 is 28.6 Å². The number of amides is 3. The smallest absolute Gasteiger partial charge is 0.265 e. The lowest BCUT2D eigenvalue weighted by atomic mass is 10.0. The van der Waals surface area contributed by atoms with Gasteiger partial charge in [0, 0.05) is 44.6 Å². The third kappa shape index (κ3) is 3.87. The highest BCUT2D eigenvalue weighted by atomic mass is 16.7. The highest BCUT2D eigenvalue weighted by Gasteiger charge is 2.41. The van der Waals surface area contributed by atoms with Gasteiger partial charge in [-0.15, -0.1) is 0 Å². The molecule has 5 rings (SSSR count). The van der Waals surface area contributed by atoms with Crippen molar-refractivity contribution in [1.82, 2.24) is 9.80 Å². The number of ether oxygens (including phenoxy) is 3. The Morgan fingerprint density at radius 2 is 1.68 bits per heavy atom. The van der Waals surface area contributed by atoms with E-state index in [-0.39, 0.29) is 30.9 Å². The Labute approximate surface area is 180 Å². The molecule has 3 amide bonds. The molecule has 1 aromatic rings. The number of hydrogen-bond acceptors (Lipinski definition) is 6. The third-order valence-electron chi connectivity index (χ3n) is 6.53. The number of fused-ring (bicyclic) bond motifs is 1. The van der Waals surface area contributed by atoms with Gasteiger partial charge in [-0.25, -0.2) is 0 Å². The van der Waals surface area contributed by atoms with Crippen LogP contribution in [0.25, 0.3) is 0 Å². The minimum atomic E-state index is -0.542. The number of hydrogen-bond donors (Lipinski definition) is 0. The van der Waals surface area contributed by atoms with Gasteiger partial charge in [0.25, 0.3) is 11.8 Å². The zero-order valence-corrected chi connectivity index (χ0v) is 17.5. The Morgan fingerprint density at radius 3 is 2.39 bits per heavy atom. The molecule has 0 atom stereocenters. The largest absolute Gasteiger partial charge is 0.482 e. The summed E-state index contributed by atoms with van der Waals surface area (Å²) in [6.07, 6.45) is 3.26. The molecule has 3 fully saturated rings. The summed E-state index contributed by atoms with van der Waals surface area (Å²) in [6.45, 7) is 3.59. The van der Waals surface area contributed by atoms with Crippen molar-refractivity contribution in [1.29, 1.82) is 0 Å². The summed E-state index contributed by atoms with van der Waals surface area (Å²) in [5.74, 6) is -0.497. The maximum Gasteiger partial charge on any atom is 0.265 e. The number of carbonyl (C=O) groups excluding carboxylic acids is 3. The van der Waals surface area contributed by atoms with Gasteiger partial charge in [-0.1, -0.05) is 0 Å².